The van der Waals surface area contributed by atoms with Gasteiger partial charge in [-0.25, -0.2) is 10.4 Å². The minimum absolute atomic E-state index is 0.0528. The number of fused-ring (bicyclic) bond motifs is 1. The Morgan fingerprint density at radius 3 is 2.58 bits per heavy atom. The minimum Gasteiger partial charge on any atom is -0.267 e. The van der Waals surface area contributed by atoms with Crippen molar-refractivity contribution < 1.29 is 9.72 Å². The molecule has 0 spiro atoms. The third-order valence-electron chi connectivity index (χ3n) is 4.56. The highest BCUT2D eigenvalue weighted by Gasteiger charge is 2.13. The predicted octanol–water partition coefficient (Wildman–Crippen LogP) is 5.23. The quantitative estimate of drug-likeness (QED) is 0.266. The van der Waals surface area contributed by atoms with Gasteiger partial charge in [0.25, 0.3) is 11.6 Å². The topological polar surface area (TPSA) is 97.5 Å². The van der Waals surface area contributed by atoms with Gasteiger partial charge in [-0.15, -0.1) is 0 Å². The maximum absolute atomic E-state index is 12.9. The molecule has 1 amide bonds. The van der Waals surface area contributed by atoms with Gasteiger partial charge >= 0.3 is 0 Å². The van der Waals surface area contributed by atoms with E-state index in [-0.39, 0.29) is 5.69 Å². The number of non-ortho nitro benzene ring substituents is 1. The van der Waals surface area contributed by atoms with Crippen molar-refractivity contribution >= 4 is 40.3 Å². The number of hydrogen-bond donors (Lipinski definition) is 1. The average molecular weight is 431 g/mol. The van der Waals surface area contributed by atoms with Crippen LogP contribution in [0.1, 0.15) is 15.9 Å². The maximum Gasteiger partial charge on any atom is 0.272 e. The molecule has 8 heteroatoms. The number of hydrogen-bond acceptors (Lipinski definition) is 5. The monoisotopic (exact) mass is 430 g/mol. The number of amides is 1. The van der Waals surface area contributed by atoms with E-state index in [2.05, 4.69) is 15.5 Å². The van der Waals surface area contributed by atoms with E-state index in [0.29, 0.717) is 32.7 Å². The maximum atomic E-state index is 12.9. The van der Waals surface area contributed by atoms with E-state index in [1.54, 1.807) is 30.3 Å². The molecule has 0 unspecified atom stereocenters. The van der Waals surface area contributed by atoms with Gasteiger partial charge in [-0.3, -0.25) is 14.9 Å². The Morgan fingerprint density at radius 2 is 1.81 bits per heavy atom. The van der Waals surface area contributed by atoms with E-state index in [4.69, 9.17) is 11.6 Å². The molecule has 0 aliphatic carbocycles. The lowest BCUT2D eigenvalue weighted by Gasteiger charge is -2.09. The van der Waals surface area contributed by atoms with Gasteiger partial charge in [0.05, 0.1) is 27.9 Å². The zero-order valence-corrected chi connectivity index (χ0v) is 16.8. The van der Waals surface area contributed by atoms with Gasteiger partial charge < -0.3 is 0 Å². The summed E-state index contributed by atoms with van der Waals surface area (Å²) in [7, 11) is 0. The summed E-state index contributed by atoms with van der Waals surface area (Å²) in [4.78, 5) is 27.9. The van der Waals surface area contributed by atoms with E-state index in [1.807, 2.05) is 36.4 Å². The van der Waals surface area contributed by atoms with Gasteiger partial charge in [0, 0.05) is 33.7 Å². The third-order valence-corrected chi connectivity index (χ3v) is 4.81. The van der Waals surface area contributed by atoms with Gasteiger partial charge in [-0.05, 0) is 24.3 Å². The van der Waals surface area contributed by atoms with E-state index in [9.17, 15) is 14.9 Å². The lowest BCUT2D eigenvalue weighted by Crippen LogP contribution is -2.18. The Balaban J connectivity index is 1.65. The van der Waals surface area contributed by atoms with Crippen LogP contribution < -0.4 is 5.43 Å². The zero-order chi connectivity index (χ0) is 21.8. The van der Waals surface area contributed by atoms with Crippen LogP contribution in [0.15, 0.2) is 84.0 Å². The molecule has 0 aliphatic rings. The van der Waals surface area contributed by atoms with Crippen molar-refractivity contribution in [3.8, 4) is 11.3 Å². The molecule has 31 heavy (non-hydrogen) atoms. The highest BCUT2D eigenvalue weighted by Crippen LogP contribution is 2.26. The SMILES string of the molecule is O=C(NN=Cc1cccc([N+](=O)[O-])c1)c1cc(-c2ccc(Cl)cc2)nc2ccccc12. The van der Waals surface area contributed by atoms with Crippen LogP contribution in [-0.4, -0.2) is 22.0 Å². The molecule has 152 valence electrons. The number of nitrogens with zero attached hydrogens (tertiary/aromatic N) is 3. The van der Waals surface area contributed by atoms with Crippen molar-refractivity contribution in [3.63, 3.8) is 0 Å². The van der Waals surface area contributed by atoms with E-state index in [1.165, 1.54) is 18.3 Å². The molecule has 1 aromatic heterocycles. The predicted molar refractivity (Wildman–Crippen MR) is 120 cm³/mol. The van der Waals surface area contributed by atoms with Crippen molar-refractivity contribution in [2.75, 3.05) is 0 Å². The Labute approximate surface area is 182 Å². The molecule has 0 saturated carbocycles. The van der Waals surface area contributed by atoms with Crippen LogP contribution in [0.4, 0.5) is 5.69 Å². The van der Waals surface area contributed by atoms with Crippen LogP contribution in [0.25, 0.3) is 22.2 Å². The Kier molecular flexibility index (Phi) is 5.68. The van der Waals surface area contributed by atoms with Crippen molar-refractivity contribution in [2.24, 2.45) is 5.10 Å². The van der Waals surface area contributed by atoms with Gasteiger partial charge in [0.2, 0.25) is 0 Å². The fourth-order valence-corrected chi connectivity index (χ4v) is 3.20. The molecular weight excluding hydrogens is 416 g/mol. The average Bonchev–Trinajstić information content (AvgIpc) is 2.79. The standard InChI is InChI=1S/C23H15ClN4O3/c24-17-10-8-16(9-11-17)22-13-20(19-6-1-2-7-21(19)26-22)23(29)27-25-14-15-4-3-5-18(12-15)28(30)31/h1-14H,(H,27,29). The minimum atomic E-state index is -0.489. The van der Waals surface area contributed by atoms with Crippen LogP contribution in [0.5, 0.6) is 0 Å². The summed E-state index contributed by atoms with van der Waals surface area (Å²) >= 11 is 5.97. The molecule has 1 N–H and O–H groups in total. The molecule has 4 rings (SSSR count). The molecule has 0 bridgehead atoms. The fourth-order valence-electron chi connectivity index (χ4n) is 3.08. The van der Waals surface area contributed by atoms with Gasteiger partial charge in [0.1, 0.15) is 0 Å². The summed E-state index contributed by atoms with van der Waals surface area (Å²) in [6, 6.07) is 22.2. The number of carbonyl (C=O) groups is 1. The summed E-state index contributed by atoms with van der Waals surface area (Å²) in [6.45, 7) is 0. The Bertz CT molecular complexity index is 1320. The molecule has 0 aliphatic heterocycles. The largest absolute Gasteiger partial charge is 0.272 e. The zero-order valence-electron chi connectivity index (χ0n) is 16.0. The van der Waals surface area contributed by atoms with Crippen molar-refractivity contribution in [3.05, 3.63) is 105 Å². The smallest absolute Gasteiger partial charge is 0.267 e. The number of nitrogens with one attached hydrogen (secondary N) is 1. The van der Waals surface area contributed by atoms with Gasteiger partial charge in [0.15, 0.2) is 0 Å². The second-order valence-corrected chi connectivity index (χ2v) is 7.07. The number of pyridine rings is 1. The lowest BCUT2D eigenvalue weighted by atomic mass is 10.0. The number of nitro groups is 1. The summed E-state index contributed by atoms with van der Waals surface area (Å²) in [6.07, 6.45) is 1.36. The Hall–Kier alpha value is -4.10. The van der Waals surface area contributed by atoms with Gasteiger partial charge in [-0.2, -0.15) is 5.10 Å². The highest BCUT2D eigenvalue weighted by atomic mass is 35.5. The van der Waals surface area contributed by atoms with Gasteiger partial charge in [-0.1, -0.05) is 54.1 Å². The molecule has 7 nitrogen and oxygen atoms in total. The van der Waals surface area contributed by atoms with Crippen molar-refractivity contribution in [1.82, 2.24) is 10.4 Å². The number of nitro benzene ring substituents is 1. The first-order valence-electron chi connectivity index (χ1n) is 9.25. The lowest BCUT2D eigenvalue weighted by molar-refractivity contribution is -0.384. The molecule has 1 heterocycles. The van der Waals surface area contributed by atoms with Crippen LogP contribution in [0.2, 0.25) is 5.02 Å². The second-order valence-electron chi connectivity index (χ2n) is 6.63. The van der Waals surface area contributed by atoms with E-state index >= 15 is 0 Å². The number of hydrazone groups is 1. The van der Waals surface area contributed by atoms with Crippen molar-refractivity contribution in [2.45, 2.75) is 0 Å². The summed E-state index contributed by atoms with van der Waals surface area (Å²) < 4.78 is 0. The second kappa shape index (κ2) is 8.73. The fraction of sp³-hybridized carbons (Fsp3) is 0. The first-order valence-corrected chi connectivity index (χ1v) is 9.62. The normalized spacial score (nSPS) is 11.0. The van der Waals surface area contributed by atoms with E-state index in [0.717, 1.165) is 5.56 Å². The van der Waals surface area contributed by atoms with Crippen LogP contribution in [0, 0.1) is 10.1 Å². The first kappa shape index (κ1) is 20.2. The van der Waals surface area contributed by atoms with Crippen LogP contribution >= 0.6 is 11.6 Å². The molecule has 4 aromatic rings. The van der Waals surface area contributed by atoms with E-state index < -0.39 is 10.8 Å². The van der Waals surface area contributed by atoms with Crippen molar-refractivity contribution in [1.29, 1.82) is 0 Å². The molecule has 0 fully saturated rings. The molecule has 0 saturated heterocycles. The molecule has 0 radical (unpaired) electrons. The summed E-state index contributed by atoms with van der Waals surface area (Å²) in [5.41, 5.74) is 5.46. The molecular formula is C23H15ClN4O3. The summed E-state index contributed by atoms with van der Waals surface area (Å²) in [5.74, 6) is -0.421. The number of halogens is 1. The number of carbonyl (C=O) groups excluding carboxylic acids is 1. The van der Waals surface area contributed by atoms with Crippen LogP contribution in [-0.2, 0) is 0 Å². The number of benzene rings is 3. The first-order chi connectivity index (χ1) is 15.0. The molecule has 3 aromatic carbocycles. The Morgan fingerprint density at radius 1 is 1.03 bits per heavy atom. The highest BCUT2D eigenvalue weighted by molar-refractivity contribution is 6.30. The van der Waals surface area contributed by atoms with Crippen LogP contribution in [0.3, 0.4) is 0 Å². The number of aromatic nitrogens is 1. The number of rotatable bonds is 5. The third kappa shape index (κ3) is 4.57. The number of para-hydroxylation sites is 1. The summed E-state index contributed by atoms with van der Waals surface area (Å²) in [5, 5.41) is 16.1. The molecule has 0 atom stereocenters.